The summed E-state index contributed by atoms with van der Waals surface area (Å²) in [5, 5.41) is 17.7. The van der Waals surface area contributed by atoms with Crippen LogP contribution in [0.1, 0.15) is 15.9 Å². The Kier molecular flexibility index (Phi) is 4.01. The molecular formula is C14H7F2NO2S. The van der Waals surface area contributed by atoms with Crippen LogP contribution in [0.4, 0.5) is 8.78 Å². The molecule has 0 aliphatic heterocycles. The van der Waals surface area contributed by atoms with Crippen molar-refractivity contribution >= 4 is 17.7 Å². The largest absolute Gasteiger partial charge is 0.478 e. The van der Waals surface area contributed by atoms with Crippen molar-refractivity contribution in [2.75, 3.05) is 0 Å². The number of nitrogens with zero attached hydrogens (tertiary/aromatic N) is 1. The van der Waals surface area contributed by atoms with Crippen molar-refractivity contribution < 1.29 is 18.7 Å². The number of carboxylic acid groups (broad SMARTS) is 1. The first-order valence-electron chi connectivity index (χ1n) is 5.42. The molecule has 1 N–H and O–H groups in total. The molecule has 0 atom stereocenters. The Bertz CT molecular complexity index is 726. The van der Waals surface area contributed by atoms with Crippen LogP contribution in [0.15, 0.2) is 46.2 Å². The van der Waals surface area contributed by atoms with Crippen LogP contribution in [0.5, 0.6) is 0 Å². The lowest BCUT2D eigenvalue weighted by molar-refractivity contribution is 0.0691. The molecule has 0 fully saturated rings. The Labute approximate surface area is 117 Å². The van der Waals surface area contributed by atoms with Crippen molar-refractivity contribution in [1.82, 2.24) is 0 Å². The van der Waals surface area contributed by atoms with E-state index in [1.165, 1.54) is 18.2 Å². The topological polar surface area (TPSA) is 61.1 Å². The number of benzene rings is 2. The Morgan fingerprint density at radius 3 is 2.60 bits per heavy atom. The SMILES string of the molecule is N#Cc1c(F)cccc1Sc1ccc(F)c(C(=O)O)c1. The number of rotatable bonds is 3. The summed E-state index contributed by atoms with van der Waals surface area (Å²) in [7, 11) is 0. The van der Waals surface area contributed by atoms with Gasteiger partial charge in [0.25, 0.3) is 0 Å². The smallest absolute Gasteiger partial charge is 0.338 e. The van der Waals surface area contributed by atoms with Gasteiger partial charge in [-0.2, -0.15) is 5.26 Å². The number of nitriles is 1. The highest BCUT2D eigenvalue weighted by Gasteiger charge is 2.13. The third-order valence-corrected chi connectivity index (χ3v) is 3.53. The summed E-state index contributed by atoms with van der Waals surface area (Å²) in [5.74, 6) is -2.88. The van der Waals surface area contributed by atoms with Gasteiger partial charge >= 0.3 is 5.97 Å². The van der Waals surface area contributed by atoms with Gasteiger partial charge in [0.05, 0.1) is 5.56 Å². The number of hydrogen-bond donors (Lipinski definition) is 1. The molecule has 2 rings (SSSR count). The molecule has 100 valence electrons. The molecule has 6 heteroatoms. The van der Waals surface area contributed by atoms with Crippen molar-refractivity contribution in [3.8, 4) is 6.07 Å². The molecule has 0 saturated heterocycles. The molecule has 0 radical (unpaired) electrons. The van der Waals surface area contributed by atoms with E-state index in [0.717, 1.165) is 30.0 Å². The van der Waals surface area contributed by atoms with Gasteiger partial charge in [-0.15, -0.1) is 0 Å². The average molecular weight is 291 g/mol. The summed E-state index contributed by atoms with van der Waals surface area (Å²) in [4.78, 5) is 11.6. The number of halogens is 2. The van der Waals surface area contributed by atoms with Crippen LogP contribution in [-0.4, -0.2) is 11.1 Å². The maximum Gasteiger partial charge on any atom is 0.338 e. The predicted octanol–water partition coefficient (Wildman–Crippen LogP) is 3.69. The van der Waals surface area contributed by atoms with E-state index in [1.807, 2.05) is 0 Å². The standard InChI is InChI=1S/C14H7F2NO2S/c15-11-2-1-3-13(10(11)7-17)20-8-4-5-12(16)9(6-8)14(18)19/h1-6H,(H,18,19). The Balaban J connectivity index is 2.41. The number of carbonyl (C=O) groups is 1. The van der Waals surface area contributed by atoms with Gasteiger partial charge in [-0.3, -0.25) is 0 Å². The van der Waals surface area contributed by atoms with Crippen LogP contribution in [0.3, 0.4) is 0 Å². The van der Waals surface area contributed by atoms with Crippen LogP contribution >= 0.6 is 11.8 Å². The molecule has 20 heavy (non-hydrogen) atoms. The molecule has 0 spiro atoms. The molecule has 0 aliphatic rings. The van der Waals surface area contributed by atoms with E-state index in [4.69, 9.17) is 10.4 Å². The van der Waals surface area contributed by atoms with Gasteiger partial charge < -0.3 is 5.11 Å². The van der Waals surface area contributed by atoms with Gasteiger partial charge in [0.15, 0.2) is 0 Å². The van der Waals surface area contributed by atoms with Gasteiger partial charge in [-0.25, -0.2) is 13.6 Å². The van der Waals surface area contributed by atoms with E-state index >= 15 is 0 Å². The van der Waals surface area contributed by atoms with E-state index in [1.54, 1.807) is 6.07 Å². The third-order valence-electron chi connectivity index (χ3n) is 2.48. The predicted molar refractivity (Wildman–Crippen MR) is 68.6 cm³/mol. The minimum absolute atomic E-state index is 0.126. The van der Waals surface area contributed by atoms with Gasteiger partial charge in [0.1, 0.15) is 23.3 Å². The molecule has 2 aromatic carbocycles. The molecule has 0 aliphatic carbocycles. The van der Waals surface area contributed by atoms with Gasteiger partial charge in [-0.05, 0) is 30.3 Å². The zero-order valence-corrected chi connectivity index (χ0v) is 10.7. The summed E-state index contributed by atoms with van der Waals surface area (Å²) >= 11 is 1.00. The van der Waals surface area contributed by atoms with E-state index in [2.05, 4.69) is 0 Å². The van der Waals surface area contributed by atoms with Gasteiger partial charge in [-0.1, -0.05) is 17.8 Å². The van der Waals surface area contributed by atoms with Crippen molar-refractivity contribution in [3.63, 3.8) is 0 Å². The third kappa shape index (κ3) is 2.78. The summed E-state index contributed by atoms with van der Waals surface area (Å²) in [6, 6.07) is 9.44. The molecule has 2 aromatic rings. The molecule has 0 amide bonds. The summed E-state index contributed by atoms with van der Waals surface area (Å²) in [6.45, 7) is 0. The Morgan fingerprint density at radius 2 is 1.95 bits per heavy atom. The quantitative estimate of drug-likeness (QED) is 0.937. The first-order chi connectivity index (χ1) is 9.52. The van der Waals surface area contributed by atoms with Crippen molar-refractivity contribution in [1.29, 1.82) is 5.26 Å². The fourth-order valence-electron chi connectivity index (χ4n) is 1.56. The van der Waals surface area contributed by atoms with E-state index in [-0.39, 0.29) is 5.56 Å². The minimum Gasteiger partial charge on any atom is -0.478 e. The van der Waals surface area contributed by atoms with E-state index in [9.17, 15) is 13.6 Å². The first kappa shape index (κ1) is 14.0. The normalized spacial score (nSPS) is 10.1. The van der Waals surface area contributed by atoms with Crippen molar-refractivity contribution in [3.05, 3.63) is 59.2 Å². The molecule has 0 bridgehead atoms. The number of carboxylic acids is 1. The highest BCUT2D eigenvalue weighted by Crippen LogP contribution is 2.32. The monoisotopic (exact) mass is 291 g/mol. The summed E-state index contributed by atoms with van der Waals surface area (Å²) in [5.41, 5.74) is -0.594. The van der Waals surface area contributed by atoms with Crippen LogP contribution < -0.4 is 0 Å². The summed E-state index contributed by atoms with van der Waals surface area (Å²) in [6.07, 6.45) is 0. The summed E-state index contributed by atoms with van der Waals surface area (Å²) < 4.78 is 26.7. The lowest BCUT2D eigenvalue weighted by atomic mass is 10.2. The molecule has 0 unspecified atom stereocenters. The van der Waals surface area contributed by atoms with Crippen LogP contribution in [0.2, 0.25) is 0 Å². The second-order valence-electron chi connectivity index (χ2n) is 3.77. The van der Waals surface area contributed by atoms with Gasteiger partial charge in [0.2, 0.25) is 0 Å². The lowest BCUT2D eigenvalue weighted by Crippen LogP contribution is -2.00. The fraction of sp³-hybridized carbons (Fsp3) is 0. The van der Waals surface area contributed by atoms with Crippen LogP contribution in [-0.2, 0) is 0 Å². The van der Waals surface area contributed by atoms with E-state index < -0.39 is 23.2 Å². The van der Waals surface area contributed by atoms with Crippen molar-refractivity contribution in [2.45, 2.75) is 9.79 Å². The maximum atomic E-state index is 13.4. The Hall–Kier alpha value is -2.39. The highest BCUT2D eigenvalue weighted by molar-refractivity contribution is 7.99. The first-order valence-corrected chi connectivity index (χ1v) is 6.24. The van der Waals surface area contributed by atoms with E-state index in [0.29, 0.717) is 9.79 Å². The van der Waals surface area contributed by atoms with Crippen LogP contribution in [0.25, 0.3) is 0 Å². The lowest BCUT2D eigenvalue weighted by Gasteiger charge is -2.06. The zero-order chi connectivity index (χ0) is 14.7. The Morgan fingerprint density at radius 1 is 1.20 bits per heavy atom. The average Bonchev–Trinajstić information content (AvgIpc) is 2.41. The van der Waals surface area contributed by atoms with Gasteiger partial charge in [0, 0.05) is 9.79 Å². The van der Waals surface area contributed by atoms with Crippen molar-refractivity contribution in [2.24, 2.45) is 0 Å². The maximum absolute atomic E-state index is 13.4. The number of hydrogen-bond acceptors (Lipinski definition) is 3. The van der Waals surface area contributed by atoms with Crippen LogP contribution in [0, 0.1) is 23.0 Å². The fourth-order valence-corrected chi connectivity index (χ4v) is 2.52. The minimum atomic E-state index is -1.38. The second-order valence-corrected chi connectivity index (χ2v) is 4.89. The highest BCUT2D eigenvalue weighted by atomic mass is 32.2. The zero-order valence-electron chi connectivity index (χ0n) is 9.93. The molecular weight excluding hydrogens is 284 g/mol. The molecule has 3 nitrogen and oxygen atoms in total. The molecule has 0 aromatic heterocycles. The molecule has 0 saturated carbocycles. The number of aromatic carboxylic acids is 1. The molecule has 0 heterocycles. The second kappa shape index (κ2) is 5.72.